The minimum absolute atomic E-state index is 0.393. The maximum atomic E-state index is 6.02. The van der Waals surface area contributed by atoms with E-state index in [1.165, 1.54) is 24.0 Å². The number of nitrogens with one attached hydrogen (secondary N) is 1. The molecule has 1 aromatic carbocycles. The van der Waals surface area contributed by atoms with Crippen molar-refractivity contribution in [3.05, 3.63) is 77.2 Å². The SMILES string of the molecule is Clc1ccc(CN2CCCCC2c2ccc(Nc3ncccn3)nc2)cc1. The van der Waals surface area contributed by atoms with Gasteiger partial charge in [-0.2, -0.15) is 0 Å². The summed E-state index contributed by atoms with van der Waals surface area (Å²) in [6.07, 6.45) is 9.03. The normalized spacial score (nSPS) is 17.6. The number of aromatic nitrogens is 3. The first-order valence-corrected chi connectivity index (χ1v) is 9.64. The van der Waals surface area contributed by atoms with Crippen molar-refractivity contribution in [1.82, 2.24) is 19.9 Å². The summed E-state index contributed by atoms with van der Waals surface area (Å²) < 4.78 is 0. The van der Waals surface area contributed by atoms with Crippen molar-refractivity contribution < 1.29 is 0 Å². The van der Waals surface area contributed by atoms with Gasteiger partial charge in [-0.15, -0.1) is 0 Å². The van der Waals surface area contributed by atoms with Crippen LogP contribution in [-0.2, 0) is 6.54 Å². The van der Waals surface area contributed by atoms with Gasteiger partial charge >= 0.3 is 0 Å². The quantitative estimate of drug-likeness (QED) is 0.676. The van der Waals surface area contributed by atoms with E-state index < -0.39 is 0 Å². The third kappa shape index (κ3) is 4.62. The summed E-state index contributed by atoms with van der Waals surface area (Å²) >= 11 is 6.02. The van der Waals surface area contributed by atoms with Crippen molar-refractivity contribution in [2.45, 2.75) is 31.8 Å². The van der Waals surface area contributed by atoms with Crippen LogP contribution in [0, 0.1) is 0 Å². The van der Waals surface area contributed by atoms with E-state index in [0.29, 0.717) is 12.0 Å². The highest BCUT2D eigenvalue weighted by molar-refractivity contribution is 6.30. The number of anilines is 2. The Balaban J connectivity index is 1.47. The summed E-state index contributed by atoms with van der Waals surface area (Å²) in [6.45, 7) is 2.03. The molecule has 1 aliphatic heterocycles. The molecule has 2 aromatic heterocycles. The van der Waals surface area contributed by atoms with Crippen LogP contribution in [0.1, 0.15) is 36.4 Å². The molecular weight excluding hydrogens is 358 g/mol. The van der Waals surface area contributed by atoms with Crippen LogP contribution in [0.15, 0.2) is 61.1 Å². The minimum Gasteiger partial charge on any atom is -0.309 e. The van der Waals surface area contributed by atoms with Gasteiger partial charge in [-0.3, -0.25) is 4.90 Å². The molecule has 0 amide bonds. The molecule has 1 N–H and O–H groups in total. The van der Waals surface area contributed by atoms with Crippen LogP contribution in [0.25, 0.3) is 0 Å². The summed E-state index contributed by atoms with van der Waals surface area (Å²) in [5.74, 6) is 1.31. The van der Waals surface area contributed by atoms with Crippen LogP contribution in [0.3, 0.4) is 0 Å². The fourth-order valence-electron chi connectivity index (χ4n) is 3.54. The zero-order valence-electron chi connectivity index (χ0n) is 15.1. The maximum absolute atomic E-state index is 6.02. The second kappa shape index (κ2) is 8.46. The Morgan fingerprint density at radius 3 is 2.56 bits per heavy atom. The Morgan fingerprint density at radius 2 is 1.81 bits per heavy atom. The summed E-state index contributed by atoms with van der Waals surface area (Å²) in [5.41, 5.74) is 2.54. The van der Waals surface area contributed by atoms with Crippen LogP contribution < -0.4 is 5.32 Å². The van der Waals surface area contributed by atoms with Crippen LogP contribution in [0.2, 0.25) is 5.02 Å². The zero-order valence-corrected chi connectivity index (χ0v) is 15.8. The van der Waals surface area contributed by atoms with Gasteiger partial charge in [0.15, 0.2) is 0 Å². The summed E-state index contributed by atoms with van der Waals surface area (Å²) in [5, 5.41) is 3.91. The Labute approximate surface area is 164 Å². The van der Waals surface area contributed by atoms with Gasteiger partial charge in [-0.05, 0) is 54.8 Å². The molecule has 3 heterocycles. The van der Waals surface area contributed by atoms with Crippen molar-refractivity contribution in [3.63, 3.8) is 0 Å². The first-order valence-electron chi connectivity index (χ1n) is 9.26. The highest BCUT2D eigenvalue weighted by Crippen LogP contribution is 2.32. The summed E-state index contributed by atoms with van der Waals surface area (Å²) in [7, 11) is 0. The molecular formula is C21H22ClN5. The Kier molecular flexibility index (Phi) is 5.61. The summed E-state index contributed by atoms with van der Waals surface area (Å²) in [6, 6.07) is 14.5. The second-order valence-electron chi connectivity index (χ2n) is 6.78. The molecule has 3 aromatic rings. The molecule has 0 saturated carbocycles. The molecule has 1 unspecified atom stereocenters. The molecule has 0 bridgehead atoms. The van der Waals surface area contributed by atoms with Gasteiger partial charge in [0.25, 0.3) is 0 Å². The van der Waals surface area contributed by atoms with Gasteiger partial charge in [-0.25, -0.2) is 15.0 Å². The largest absolute Gasteiger partial charge is 0.309 e. The lowest BCUT2D eigenvalue weighted by atomic mass is 9.95. The number of likely N-dealkylation sites (tertiary alicyclic amines) is 1. The zero-order chi connectivity index (χ0) is 18.5. The van der Waals surface area contributed by atoms with Gasteiger partial charge in [0, 0.05) is 36.2 Å². The molecule has 27 heavy (non-hydrogen) atoms. The highest BCUT2D eigenvalue weighted by Gasteiger charge is 2.24. The fourth-order valence-corrected chi connectivity index (χ4v) is 3.66. The van der Waals surface area contributed by atoms with Crippen molar-refractivity contribution in [2.75, 3.05) is 11.9 Å². The molecule has 6 heteroatoms. The molecule has 5 nitrogen and oxygen atoms in total. The third-order valence-corrected chi connectivity index (χ3v) is 5.14. The molecule has 4 rings (SSSR count). The summed E-state index contributed by atoms with van der Waals surface area (Å²) in [4.78, 5) is 15.4. The van der Waals surface area contributed by atoms with E-state index >= 15 is 0 Å². The van der Waals surface area contributed by atoms with Gasteiger partial charge in [0.2, 0.25) is 5.95 Å². The van der Waals surface area contributed by atoms with E-state index in [0.717, 1.165) is 30.4 Å². The Morgan fingerprint density at radius 1 is 1.00 bits per heavy atom. The molecule has 1 aliphatic rings. The van der Waals surface area contributed by atoms with E-state index in [2.05, 4.69) is 43.4 Å². The van der Waals surface area contributed by atoms with Gasteiger partial charge in [0.05, 0.1) is 0 Å². The van der Waals surface area contributed by atoms with Gasteiger partial charge < -0.3 is 5.32 Å². The molecule has 0 radical (unpaired) electrons. The number of hydrogen-bond donors (Lipinski definition) is 1. The van der Waals surface area contributed by atoms with E-state index in [1.54, 1.807) is 18.5 Å². The van der Waals surface area contributed by atoms with E-state index in [1.807, 2.05) is 24.4 Å². The van der Waals surface area contributed by atoms with Crippen LogP contribution in [-0.4, -0.2) is 26.4 Å². The average molecular weight is 380 g/mol. The van der Waals surface area contributed by atoms with Crippen molar-refractivity contribution >= 4 is 23.4 Å². The number of halogens is 1. The van der Waals surface area contributed by atoms with Crippen LogP contribution >= 0.6 is 11.6 Å². The van der Waals surface area contributed by atoms with E-state index in [-0.39, 0.29) is 0 Å². The van der Waals surface area contributed by atoms with Gasteiger partial charge in [0.1, 0.15) is 5.82 Å². The van der Waals surface area contributed by atoms with Crippen molar-refractivity contribution in [2.24, 2.45) is 0 Å². The van der Waals surface area contributed by atoms with E-state index in [9.17, 15) is 0 Å². The fraction of sp³-hybridized carbons (Fsp3) is 0.286. The monoisotopic (exact) mass is 379 g/mol. The van der Waals surface area contributed by atoms with Crippen molar-refractivity contribution in [1.29, 1.82) is 0 Å². The van der Waals surface area contributed by atoms with Crippen LogP contribution in [0.4, 0.5) is 11.8 Å². The number of piperidine rings is 1. The third-order valence-electron chi connectivity index (χ3n) is 4.89. The molecule has 1 saturated heterocycles. The Hall–Kier alpha value is -2.50. The standard InChI is InChI=1S/C21H22ClN5/c22-18-8-5-16(6-9-18)15-27-13-2-1-4-19(27)17-7-10-20(25-14-17)26-21-23-11-3-12-24-21/h3,5-12,14,19H,1-2,4,13,15H2,(H,23,24,25,26). The minimum atomic E-state index is 0.393. The number of nitrogens with zero attached hydrogens (tertiary/aromatic N) is 4. The predicted molar refractivity (Wildman–Crippen MR) is 108 cm³/mol. The topological polar surface area (TPSA) is 53.9 Å². The van der Waals surface area contributed by atoms with Crippen molar-refractivity contribution in [3.8, 4) is 0 Å². The first kappa shape index (κ1) is 17.9. The maximum Gasteiger partial charge on any atom is 0.228 e. The lowest BCUT2D eigenvalue weighted by molar-refractivity contribution is 0.140. The second-order valence-corrected chi connectivity index (χ2v) is 7.22. The molecule has 1 atom stereocenters. The lowest BCUT2D eigenvalue weighted by Gasteiger charge is -2.36. The smallest absolute Gasteiger partial charge is 0.228 e. The number of pyridine rings is 1. The predicted octanol–water partition coefficient (Wildman–Crippen LogP) is 5.00. The van der Waals surface area contributed by atoms with Crippen LogP contribution in [0.5, 0.6) is 0 Å². The molecule has 1 fully saturated rings. The number of rotatable bonds is 5. The highest BCUT2D eigenvalue weighted by atomic mass is 35.5. The molecule has 0 aliphatic carbocycles. The average Bonchev–Trinajstić information content (AvgIpc) is 2.72. The first-order chi connectivity index (χ1) is 13.3. The molecule has 0 spiro atoms. The Bertz CT molecular complexity index is 852. The number of benzene rings is 1. The van der Waals surface area contributed by atoms with Gasteiger partial charge in [-0.1, -0.05) is 36.2 Å². The molecule has 138 valence electrons. The number of hydrogen-bond acceptors (Lipinski definition) is 5. The lowest BCUT2D eigenvalue weighted by Crippen LogP contribution is -2.33. The van der Waals surface area contributed by atoms with E-state index in [4.69, 9.17) is 11.6 Å².